The van der Waals surface area contributed by atoms with E-state index in [-0.39, 0.29) is 23.4 Å². The fourth-order valence-electron chi connectivity index (χ4n) is 2.88. The number of aryl methyl sites for hydroxylation is 1. The smallest absolute Gasteiger partial charge is 0.222 e. The van der Waals surface area contributed by atoms with Crippen molar-refractivity contribution >= 4 is 15.7 Å². The maximum Gasteiger partial charge on any atom is 0.222 e. The van der Waals surface area contributed by atoms with Crippen molar-refractivity contribution in [3.8, 4) is 0 Å². The lowest BCUT2D eigenvalue weighted by Gasteiger charge is -2.31. The van der Waals surface area contributed by atoms with Crippen molar-refractivity contribution in [3.05, 3.63) is 35.6 Å². The van der Waals surface area contributed by atoms with Gasteiger partial charge in [0.2, 0.25) is 5.91 Å². The molecule has 0 atom stereocenters. The number of halogens is 1. The number of amides is 1. The predicted molar refractivity (Wildman–Crippen MR) is 83.7 cm³/mol. The summed E-state index contributed by atoms with van der Waals surface area (Å²) < 4.78 is 35.7. The van der Waals surface area contributed by atoms with E-state index < -0.39 is 9.84 Å². The Bertz CT molecular complexity index is 622. The largest absolute Gasteiger partial charge is 0.343 e. The third-order valence-corrected chi connectivity index (χ3v) is 5.10. The van der Waals surface area contributed by atoms with Gasteiger partial charge in [-0.3, -0.25) is 4.79 Å². The van der Waals surface area contributed by atoms with Gasteiger partial charge in [-0.1, -0.05) is 12.1 Å². The minimum Gasteiger partial charge on any atom is -0.343 e. The first-order valence-electron chi connectivity index (χ1n) is 7.53. The average Bonchev–Trinajstić information content (AvgIpc) is 2.44. The van der Waals surface area contributed by atoms with Gasteiger partial charge in [0.15, 0.2) is 0 Å². The molecule has 1 heterocycles. The third-order valence-electron chi connectivity index (χ3n) is 4.02. The second kappa shape index (κ2) is 7.22. The summed E-state index contributed by atoms with van der Waals surface area (Å²) in [5.74, 6) is 0.133. The first-order valence-corrected chi connectivity index (χ1v) is 9.59. The molecule has 0 N–H and O–H groups in total. The Balaban J connectivity index is 1.78. The molecule has 0 spiro atoms. The molecule has 1 amide bonds. The van der Waals surface area contributed by atoms with Gasteiger partial charge in [-0.25, -0.2) is 12.8 Å². The number of rotatable bonds is 5. The first kappa shape index (κ1) is 16.9. The van der Waals surface area contributed by atoms with Crippen molar-refractivity contribution in [2.24, 2.45) is 5.92 Å². The van der Waals surface area contributed by atoms with E-state index in [0.717, 1.165) is 18.4 Å². The summed E-state index contributed by atoms with van der Waals surface area (Å²) in [6, 6.07) is 6.30. The Labute approximate surface area is 131 Å². The summed E-state index contributed by atoms with van der Waals surface area (Å²) in [5.41, 5.74) is 0.820. The Hall–Kier alpha value is -1.43. The molecule has 1 aliphatic rings. The zero-order valence-electron chi connectivity index (χ0n) is 12.8. The molecule has 1 aliphatic heterocycles. The zero-order chi connectivity index (χ0) is 16.2. The number of sulfone groups is 1. The molecule has 0 saturated carbocycles. The van der Waals surface area contributed by atoms with Gasteiger partial charge in [-0.15, -0.1) is 0 Å². The monoisotopic (exact) mass is 327 g/mol. The van der Waals surface area contributed by atoms with Crippen LogP contribution < -0.4 is 0 Å². The summed E-state index contributed by atoms with van der Waals surface area (Å²) in [4.78, 5) is 14.0. The molecular formula is C16H22FNO3S. The van der Waals surface area contributed by atoms with E-state index in [9.17, 15) is 17.6 Å². The number of carbonyl (C=O) groups excluding carboxylic acids is 1. The van der Waals surface area contributed by atoms with E-state index in [1.807, 2.05) is 6.07 Å². The summed E-state index contributed by atoms with van der Waals surface area (Å²) in [6.07, 6.45) is 3.61. The summed E-state index contributed by atoms with van der Waals surface area (Å²) in [5, 5.41) is 0. The van der Waals surface area contributed by atoms with Crippen LogP contribution in [0, 0.1) is 11.7 Å². The molecule has 0 aliphatic carbocycles. The van der Waals surface area contributed by atoms with Crippen molar-refractivity contribution in [2.75, 3.05) is 25.1 Å². The van der Waals surface area contributed by atoms with Crippen LogP contribution in [0.5, 0.6) is 0 Å². The molecule has 6 heteroatoms. The third kappa shape index (κ3) is 5.40. The van der Waals surface area contributed by atoms with Gasteiger partial charge >= 0.3 is 0 Å². The van der Waals surface area contributed by atoms with Crippen molar-refractivity contribution in [2.45, 2.75) is 25.7 Å². The topological polar surface area (TPSA) is 54.5 Å². The standard InChI is InChI=1S/C16H22FNO3S/c1-22(20,21)12-14-7-9-18(10-8-14)16(19)6-5-13-3-2-4-15(17)11-13/h2-4,11,14H,5-10,12H2,1H3. The molecule has 1 saturated heterocycles. The van der Waals surface area contributed by atoms with Crippen molar-refractivity contribution in [3.63, 3.8) is 0 Å². The lowest BCUT2D eigenvalue weighted by atomic mass is 9.98. The van der Waals surface area contributed by atoms with Crippen LogP contribution in [0.3, 0.4) is 0 Å². The van der Waals surface area contributed by atoms with Gasteiger partial charge in [0.05, 0.1) is 5.75 Å². The van der Waals surface area contributed by atoms with E-state index >= 15 is 0 Å². The highest BCUT2D eigenvalue weighted by molar-refractivity contribution is 7.90. The molecule has 122 valence electrons. The van der Waals surface area contributed by atoms with Crippen molar-refractivity contribution in [1.29, 1.82) is 0 Å². The van der Waals surface area contributed by atoms with Crippen LogP contribution in [0.1, 0.15) is 24.8 Å². The molecule has 1 aromatic carbocycles. The molecule has 0 radical (unpaired) electrons. The summed E-state index contributed by atoms with van der Waals surface area (Å²) in [7, 11) is -2.95. The van der Waals surface area contributed by atoms with Crippen LogP contribution in [-0.4, -0.2) is 44.3 Å². The van der Waals surface area contributed by atoms with Crippen molar-refractivity contribution < 1.29 is 17.6 Å². The van der Waals surface area contributed by atoms with Crippen LogP contribution in [0.15, 0.2) is 24.3 Å². The van der Waals surface area contributed by atoms with Crippen molar-refractivity contribution in [1.82, 2.24) is 4.90 Å². The van der Waals surface area contributed by atoms with E-state index in [4.69, 9.17) is 0 Å². The van der Waals surface area contributed by atoms with Crippen LogP contribution >= 0.6 is 0 Å². The maximum absolute atomic E-state index is 13.1. The number of benzene rings is 1. The molecule has 0 unspecified atom stereocenters. The SMILES string of the molecule is CS(=O)(=O)CC1CCN(C(=O)CCc2cccc(F)c2)CC1. The molecule has 0 aromatic heterocycles. The molecular weight excluding hydrogens is 305 g/mol. The molecule has 4 nitrogen and oxygen atoms in total. The average molecular weight is 327 g/mol. The Kier molecular flexibility index (Phi) is 5.56. The van der Waals surface area contributed by atoms with E-state index in [1.54, 1.807) is 11.0 Å². The highest BCUT2D eigenvalue weighted by atomic mass is 32.2. The number of carbonyl (C=O) groups is 1. The summed E-state index contributed by atoms with van der Waals surface area (Å²) in [6.45, 7) is 1.23. The maximum atomic E-state index is 13.1. The Morgan fingerprint density at radius 2 is 2.00 bits per heavy atom. The van der Waals surface area contributed by atoms with Gasteiger partial charge in [-0.05, 0) is 42.9 Å². The predicted octanol–water partition coefficient (Wildman–Crippen LogP) is 2.04. The van der Waals surface area contributed by atoms with Gasteiger partial charge in [0.25, 0.3) is 0 Å². The minimum absolute atomic E-state index is 0.0575. The molecule has 1 fully saturated rings. The van der Waals surface area contributed by atoms with E-state index in [1.165, 1.54) is 18.4 Å². The Morgan fingerprint density at radius 3 is 2.59 bits per heavy atom. The van der Waals surface area contributed by atoms with Gasteiger partial charge in [0, 0.05) is 25.8 Å². The number of piperidine rings is 1. The van der Waals surface area contributed by atoms with Crippen LogP contribution in [-0.2, 0) is 21.1 Å². The highest BCUT2D eigenvalue weighted by Crippen LogP contribution is 2.19. The normalized spacial score (nSPS) is 16.7. The van der Waals surface area contributed by atoms with Crippen LogP contribution in [0.2, 0.25) is 0 Å². The number of hydrogen-bond donors (Lipinski definition) is 0. The highest BCUT2D eigenvalue weighted by Gasteiger charge is 2.24. The lowest BCUT2D eigenvalue weighted by Crippen LogP contribution is -2.39. The minimum atomic E-state index is -2.95. The first-order chi connectivity index (χ1) is 10.3. The van der Waals surface area contributed by atoms with Gasteiger partial charge in [-0.2, -0.15) is 0 Å². The number of nitrogens with zero attached hydrogens (tertiary/aromatic N) is 1. The second-order valence-electron chi connectivity index (χ2n) is 6.05. The van der Waals surface area contributed by atoms with Crippen LogP contribution in [0.25, 0.3) is 0 Å². The quantitative estimate of drug-likeness (QED) is 0.831. The van der Waals surface area contributed by atoms with Gasteiger partial charge in [0.1, 0.15) is 15.7 Å². The van der Waals surface area contributed by atoms with E-state index in [2.05, 4.69) is 0 Å². The second-order valence-corrected chi connectivity index (χ2v) is 8.23. The molecule has 2 rings (SSSR count). The van der Waals surface area contributed by atoms with Crippen LogP contribution in [0.4, 0.5) is 4.39 Å². The Morgan fingerprint density at radius 1 is 1.32 bits per heavy atom. The zero-order valence-corrected chi connectivity index (χ0v) is 13.6. The number of hydrogen-bond acceptors (Lipinski definition) is 3. The fourth-order valence-corrected chi connectivity index (χ4v) is 4.07. The lowest BCUT2D eigenvalue weighted by molar-refractivity contribution is -0.132. The fraction of sp³-hybridized carbons (Fsp3) is 0.562. The molecule has 22 heavy (non-hydrogen) atoms. The van der Waals surface area contributed by atoms with E-state index in [0.29, 0.717) is 25.9 Å². The van der Waals surface area contributed by atoms with Gasteiger partial charge < -0.3 is 4.90 Å². The molecule has 1 aromatic rings. The summed E-state index contributed by atoms with van der Waals surface area (Å²) >= 11 is 0. The number of likely N-dealkylation sites (tertiary alicyclic amines) is 1. The molecule has 0 bridgehead atoms.